The molecule has 0 bridgehead atoms. The second-order valence-corrected chi connectivity index (χ2v) is 8.57. The van der Waals surface area contributed by atoms with E-state index in [0.717, 1.165) is 54.6 Å². The average Bonchev–Trinajstić information content (AvgIpc) is 2.98. The first-order valence-electron chi connectivity index (χ1n) is 10.9. The van der Waals surface area contributed by atoms with E-state index in [0.29, 0.717) is 24.5 Å². The lowest BCUT2D eigenvalue weighted by Gasteiger charge is -2.23. The van der Waals surface area contributed by atoms with E-state index in [1.807, 2.05) is 55.1 Å². The van der Waals surface area contributed by atoms with E-state index in [1.165, 1.54) is 5.56 Å². The van der Waals surface area contributed by atoms with Crippen LogP contribution < -0.4 is 4.74 Å². The molecule has 0 spiro atoms. The molecular formula is C25H28ClN3O3. The highest BCUT2D eigenvalue weighted by Gasteiger charge is 2.23. The summed E-state index contributed by atoms with van der Waals surface area (Å²) < 4.78 is 11.2. The number of nitrogens with zero attached hydrogens (tertiary/aromatic N) is 3. The number of halogens is 1. The van der Waals surface area contributed by atoms with Crippen LogP contribution in [0, 0.1) is 13.8 Å². The van der Waals surface area contributed by atoms with Gasteiger partial charge in [0.2, 0.25) is 0 Å². The van der Waals surface area contributed by atoms with Crippen LogP contribution in [-0.2, 0) is 13.2 Å². The van der Waals surface area contributed by atoms with Gasteiger partial charge in [-0.25, -0.2) is 0 Å². The van der Waals surface area contributed by atoms with E-state index in [1.54, 1.807) is 0 Å². The summed E-state index contributed by atoms with van der Waals surface area (Å²) in [5, 5.41) is 4.72. The van der Waals surface area contributed by atoms with Gasteiger partial charge in [0.25, 0.3) is 5.91 Å². The number of benzene rings is 2. The molecule has 0 N–H and O–H groups in total. The van der Waals surface area contributed by atoms with Crippen LogP contribution in [-0.4, -0.2) is 47.0 Å². The molecule has 1 saturated heterocycles. The Balaban J connectivity index is 1.40. The van der Waals surface area contributed by atoms with Crippen molar-refractivity contribution in [1.29, 1.82) is 0 Å². The zero-order valence-electron chi connectivity index (χ0n) is 18.5. The summed E-state index contributed by atoms with van der Waals surface area (Å²) in [4.78, 5) is 17.7. The lowest BCUT2D eigenvalue weighted by atomic mass is 10.1. The summed E-state index contributed by atoms with van der Waals surface area (Å²) in [6, 6.07) is 15.4. The monoisotopic (exact) mass is 453 g/mol. The van der Waals surface area contributed by atoms with Crippen molar-refractivity contribution in [2.75, 3.05) is 26.2 Å². The largest absolute Gasteiger partial charge is 0.488 e. The number of ether oxygens (including phenoxy) is 1. The molecule has 2 aromatic carbocycles. The Bertz CT molecular complexity index is 1050. The summed E-state index contributed by atoms with van der Waals surface area (Å²) >= 11 is 6.00. The smallest absolute Gasteiger partial charge is 0.257 e. The first-order chi connectivity index (χ1) is 15.5. The van der Waals surface area contributed by atoms with Crippen molar-refractivity contribution in [3.8, 4) is 5.75 Å². The van der Waals surface area contributed by atoms with E-state index in [2.05, 4.69) is 22.2 Å². The number of aromatic nitrogens is 1. The minimum Gasteiger partial charge on any atom is -0.488 e. The van der Waals surface area contributed by atoms with E-state index < -0.39 is 0 Å². The molecule has 1 fully saturated rings. The van der Waals surface area contributed by atoms with Gasteiger partial charge in [0.1, 0.15) is 18.1 Å². The summed E-state index contributed by atoms with van der Waals surface area (Å²) in [6.45, 7) is 8.13. The van der Waals surface area contributed by atoms with Crippen LogP contribution in [0.5, 0.6) is 5.75 Å². The second-order valence-electron chi connectivity index (χ2n) is 8.14. The summed E-state index contributed by atoms with van der Waals surface area (Å²) in [6.07, 6.45) is 0.932. The van der Waals surface area contributed by atoms with Gasteiger partial charge in [-0.05, 0) is 50.1 Å². The van der Waals surface area contributed by atoms with Crippen LogP contribution in [0.25, 0.3) is 0 Å². The van der Waals surface area contributed by atoms with Crippen LogP contribution in [0.4, 0.5) is 0 Å². The molecule has 1 aliphatic heterocycles. The number of aryl methyl sites for hydroxylation is 2. The minimum atomic E-state index is 0.00713. The van der Waals surface area contributed by atoms with Crippen molar-refractivity contribution in [2.45, 2.75) is 33.4 Å². The number of amides is 1. The van der Waals surface area contributed by atoms with E-state index in [-0.39, 0.29) is 5.91 Å². The highest BCUT2D eigenvalue weighted by molar-refractivity contribution is 6.30. The van der Waals surface area contributed by atoms with Crippen LogP contribution >= 0.6 is 11.6 Å². The van der Waals surface area contributed by atoms with Crippen molar-refractivity contribution < 1.29 is 14.1 Å². The molecule has 1 amide bonds. The van der Waals surface area contributed by atoms with Crippen molar-refractivity contribution in [3.63, 3.8) is 0 Å². The Kier molecular flexibility index (Phi) is 7.12. The van der Waals surface area contributed by atoms with Gasteiger partial charge in [0.05, 0.1) is 16.8 Å². The van der Waals surface area contributed by atoms with Gasteiger partial charge in [0.15, 0.2) is 0 Å². The Hall–Kier alpha value is -2.83. The Morgan fingerprint density at radius 3 is 2.59 bits per heavy atom. The number of rotatable bonds is 6. The molecule has 0 radical (unpaired) electrons. The molecular weight excluding hydrogens is 426 g/mol. The lowest BCUT2D eigenvalue weighted by molar-refractivity contribution is 0.0756. The maximum absolute atomic E-state index is 13.4. The normalized spacial score (nSPS) is 14.9. The van der Waals surface area contributed by atoms with Gasteiger partial charge in [-0.2, -0.15) is 0 Å². The van der Waals surface area contributed by atoms with Gasteiger partial charge in [-0.15, -0.1) is 0 Å². The number of hydrogen-bond donors (Lipinski definition) is 0. The van der Waals surface area contributed by atoms with E-state index in [4.69, 9.17) is 20.9 Å². The fourth-order valence-corrected chi connectivity index (χ4v) is 4.10. The van der Waals surface area contributed by atoms with Gasteiger partial charge in [-0.1, -0.05) is 41.0 Å². The average molecular weight is 454 g/mol. The Labute approximate surface area is 193 Å². The number of carbonyl (C=O) groups excluding carboxylic acids is 1. The SMILES string of the molecule is Cc1noc(C)c1COc1ccccc1C(=O)N1CCCN(Cc2ccc(Cl)cc2)CC1. The highest BCUT2D eigenvalue weighted by Crippen LogP contribution is 2.24. The zero-order chi connectivity index (χ0) is 22.5. The van der Waals surface area contributed by atoms with Gasteiger partial charge in [-0.3, -0.25) is 9.69 Å². The first-order valence-corrected chi connectivity index (χ1v) is 11.3. The van der Waals surface area contributed by atoms with E-state index >= 15 is 0 Å². The van der Waals surface area contributed by atoms with Gasteiger partial charge >= 0.3 is 0 Å². The number of para-hydroxylation sites is 1. The minimum absolute atomic E-state index is 0.00713. The number of carbonyl (C=O) groups is 1. The maximum atomic E-state index is 13.4. The predicted octanol–water partition coefficient (Wildman–Crippen LogP) is 4.87. The van der Waals surface area contributed by atoms with Crippen LogP contribution in [0.15, 0.2) is 53.1 Å². The molecule has 7 heteroatoms. The number of hydrogen-bond acceptors (Lipinski definition) is 5. The quantitative estimate of drug-likeness (QED) is 0.532. The molecule has 0 saturated carbocycles. The summed E-state index contributed by atoms with van der Waals surface area (Å²) in [5.74, 6) is 1.33. The summed E-state index contributed by atoms with van der Waals surface area (Å²) in [7, 11) is 0. The molecule has 0 atom stereocenters. The highest BCUT2D eigenvalue weighted by atomic mass is 35.5. The predicted molar refractivity (Wildman–Crippen MR) is 124 cm³/mol. The molecule has 1 aromatic heterocycles. The van der Waals surface area contributed by atoms with E-state index in [9.17, 15) is 4.79 Å². The summed E-state index contributed by atoms with van der Waals surface area (Å²) in [5.41, 5.74) is 3.54. The zero-order valence-corrected chi connectivity index (χ0v) is 19.3. The third kappa shape index (κ3) is 5.31. The molecule has 1 aliphatic rings. The topological polar surface area (TPSA) is 58.8 Å². The maximum Gasteiger partial charge on any atom is 0.257 e. The molecule has 168 valence electrons. The second kappa shape index (κ2) is 10.2. The Morgan fingerprint density at radius 2 is 1.84 bits per heavy atom. The van der Waals surface area contributed by atoms with Crippen LogP contribution in [0.3, 0.4) is 0 Å². The van der Waals surface area contributed by atoms with Crippen LogP contribution in [0.1, 0.15) is 39.4 Å². The van der Waals surface area contributed by atoms with Crippen LogP contribution in [0.2, 0.25) is 5.02 Å². The molecule has 2 heterocycles. The molecule has 32 heavy (non-hydrogen) atoms. The van der Waals surface area contributed by atoms with Gasteiger partial charge in [0, 0.05) is 37.7 Å². The molecule has 6 nitrogen and oxygen atoms in total. The van der Waals surface area contributed by atoms with Crippen molar-refractivity contribution >= 4 is 17.5 Å². The standard InChI is InChI=1S/C25H28ClN3O3/c1-18-23(19(2)32-27-18)17-31-24-7-4-3-6-22(24)25(30)29-13-5-12-28(14-15-29)16-20-8-10-21(26)11-9-20/h3-4,6-11H,5,12-17H2,1-2H3. The third-order valence-corrected chi connectivity index (χ3v) is 6.12. The lowest BCUT2D eigenvalue weighted by Crippen LogP contribution is -2.35. The third-order valence-electron chi connectivity index (χ3n) is 5.87. The Morgan fingerprint density at radius 1 is 1.06 bits per heavy atom. The van der Waals surface area contributed by atoms with Gasteiger partial charge < -0.3 is 14.2 Å². The fourth-order valence-electron chi connectivity index (χ4n) is 3.98. The molecule has 3 aromatic rings. The molecule has 0 aliphatic carbocycles. The fraction of sp³-hybridized carbons (Fsp3) is 0.360. The van der Waals surface area contributed by atoms with Crippen molar-refractivity contribution in [1.82, 2.24) is 15.0 Å². The van der Waals surface area contributed by atoms with Crippen molar-refractivity contribution in [3.05, 3.63) is 81.7 Å². The first kappa shape index (κ1) is 22.4. The molecule has 0 unspecified atom stereocenters. The van der Waals surface area contributed by atoms with Crippen molar-refractivity contribution in [2.24, 2.45) is 0 Å². The molecule has 4 rings (SSSR count).